The molecule has 0 saturated carbocycles. The molecule has 0 radical (unpaired) electrons. The van der Waals surface area contributed by atoms with E-state index in [9.17, 15) is 15.0 Å². The van der Waals surface area contributed by atoms with Gasteiger partial charge < -0.3 is 29.3 Å². The fourth-order valence-corrected chi connectivity index (χ4v) is 2.17. The molecule has 1 aromatic rings. The van der Waals surface area contributed by atoms with E-state index in [1.807, 2.05) is 0 Å². The number of carboxylic acid groups (broad SMARTS) is 1. The number of benzene rings is 1. The fourth-order valence-electron chi connectivity index (χ4n) is 2.17. The molecule has 0 amide bonds. The standard InChI is InChI=1S/C14H21NO6/c1-8(16)12(14(17)18)15(2)13-10(20-4)6-9(19-3)7-11(13)21-5/h6-8,12,16H,1-5H3,(H,17,18)/t8?,12-/m0/s1. The summed E-state index contributed by atoms with van der Waals surface area (Å²) in [6, 6.07) is 2.10. The summed E-state index contributed by atoms with van der Waals surface area (Å²) in [5.41, 5.74) is 0.425. The predicted octanol–water partition coefficient (Wildman–Crippen LogP) is 0.983. The van der Waals surface area contributed by atoms with E-state index < -0.39 is 18.1 Å². The maximum Gasteiger partial charge on any atom is 0.329 e. The molecule has 1 rings (SSSR count). The van der Waals surface area contributed by atoms with Gasteiger partial charge in [-0.2, -0.15) is 0 Å². The van der Waals surface area contributed by atoms with Crippen molar-refractivity contribution in [2.24, 2.45) is 0 Å². The molecule has 21 heavy (non-hydrogen) atoms. The molecule has 1 unspecified atom stereocenters. The molecule has 0 fully saturated rings. The van der Waals surface area contributed by atoms with Crippen LogP contribution in [0.25, 0.3) is 0 Å². The Balaban J connectivity index is 3.42. The number of hydrogen-bond donors (Lipinski definition) is 2. The summed E-state index contributed by atoms with van der Waals surface area (Å²) in [5, 5.41) is 19.0. The van der Waals surface area contributed by atoms with Crippen LogP contribution in [0.2, 0.25) is 0 Å². The normalized spacial score (nSPS) is 13.2. The predicted molar refractivity (Wildman–Crippen MR) is 77.6 cm³/mol. The highest BCUT2D eigenvalue weighted by molar-refractivity contribution is 5.82. The van der Waals surface area contributed by atoms with E-state index in [4.69, 9.17) is 14.2 Å². The summed E-state index contributed by atoms with van der Waals surface area (Å²) < 4.78 is 15.7. The maximum atomic E-state index is 11.4. The molecule has 2 atom stereocenters. The number of methoxy groups -OCH3 is 3. The van der Waals surface area contributed by atoms with Gasteiger partial charge in [-0.15, -0.1) is 0 Å². The highest BCUT2D eigenvalue weighted by Gasteiger charge is 2.31. The van der Waals surface area contributed by atoms with Gasteiger partial charge in [0.25, 0.3) is 0 Å². The molecule has 0 aromatic heterocycles. The molecule has 0 saturated heterocycles. The first-order chi connectivity index (χ1) is 9.87. The van der Waals surface area contributed by atoms with Crippen LogP contribution >= 0.6 is 0 Å². The van der Waals surface area contributed by atoms with Crippen molar-refractivity contribution in [2.75, 3.05) is 33.3 Å². The Hall–Kier alpha value is -2.15. The zero-order valence-corrected chi connectivity index (χ0v) is 12.8. The first-order valence-electron chi connectivity index (χ1n) is 6.31. The number of likely N-dealkylation sites (N-methyl/N-ethyl adjacent to an activating group) is 1. The van der Waals surface area contributed by atoms with Crippen LogP contribution in [0.15, 0.2) is 12.1 Å². The van der Waals surface area contributed by atoms with Crippen LogP contribution in [0.4, 0.5) is 5.69 Å². The molecule has 0 aliphatic heterocycles. The van der Waals surface area contributed by atoms with Crippen LogP contribution in [0.5, 0.6) is 17.2 Å². The van der Waals surface area contributed by atoms with Crippen LogP contribution in [0.1, 0.15) is 6.92 Å². The van der Waals surface area contributed by atoms with Crippen LogP contribution in [-0.4, -0.2) is 56.7 Å². The third-order valence-corrected chi connectivity index (χ3v) is 3.17. The van der Waals surface area contributed by atoms with Crippen LogP contribution in [0, 0.1) is 0 Å². The van der Waals surface area contributed by atoms with E-state index in [1.165, 1.54) is 33.2 Å². The number of hydrogen-bond acceptors (Lipinski definition) is 6. The Kier molecular flexibility index (Phi) is 5.66. The van der Waals surface area contributed by atoms with Crippen LogP contribution < -0.4 is 19.1 Å². The van der Waals surface area contributed by atoms with Crippen molar-refractivity contribution < 1.29 is 29.2 Å². The number of aliphatic hydroxyl groups excluding tert-OH is 1. The Bertz CT molecular complexity index is 477. The lowest BCUT2D eigenvalue weighted by Crippen LogP contribution is -2.46. The molecular formula is C14H21NO6. The molecule has 1 aromatic carbocycles. The van der Waals surface area contributed by atoms with E-state index in [0.717, 1.165) is 0 Å². The number of carboxylic acids is 1. The van der Waals surface area contributed by atoms with Gasteiger partial charge in [0.15, 0.2) is 6.04 Å². The molecule has 7 nitrogen and oxygen atoms in total. The second-order valence-electron chi connectivity index (χ2n) is 4.52. The van der Waals surface area contributed by atoms with Gasteiger partial charge in [0.05, 0.1) is 27.4 Å². The monoisotopic (exact) mass is 299 g/mol. The Morgan fingerprint density at radius 1 is 1.14 bits per heavy atom. The smallest absolute Gasteiger partial charge is 0.329 e. The van der Waals surface area contributed by atoms with Crippen molar-refractivity contribution in [3.8, 4) is 17.2 Å². The molecule has 0 bridgehead atoms. The summed E-state index contributed by atoms with van der Waals surface area (Å²) in [4.78, 5) is 12.8. The third-order valence-electron chi connectivity index (χ3n) is 3.17. The van der Waals surface area contributed by atoms with Crippen molar-refractivity contribution >= 4 is 11.7 Å². The third kappa shape index (κ3) is 3.49. The van der Waals surface area contributed by atoms with Gasteiger partial charge in [0.1, 0.15) is 22.9 Å². The van der Waals surface area contributed by atoms with Gasteiger partial charge >= 0.3 is 5.97 Å². The molecule has 118 valence electrons. The quantitative estimate of drug-likeness (QED) is 0.776. The molecule has 0 aliphatic rings. The molecule has 2 N–H and O–H groups in total. The first-order valence-corrected chi connectivity index (χ1v) is 6.31. The van der Waals surface area contributed by atoms with Crippen molar-refractivity contribution in [3.63, 3.8) is 0 Å². The molecule has 0 aliphatic carbocycles. The zero-order valence-electron chi connectivity index (χ0n) is 12.8. The number of rotatable bonds is 7. The average molecular weight is 299 g/mol. The number of nitrogens with zero attached hydrogens (tertiary/aromatic N) is 1. The summed E-state index contributed by atoms with van der Waals surface area (Å²) in [7, 11) is 5.99. The zero-order chi connectivity index (χ0) is 16.2. The summed E-state index contributed by atoms with van der Waals surface area (Å²) >= 11 is 0. The number of ether oxygens (including phenoxy) is 3. The minimum Gasteiger partial charge on any atom is -0.496 e. The van der Waals surface area contributed by atoms with E-state index in [-0.39, 0.29) is 0 Å². The van der Waals surface area contributed by atoms with Gasteiger partial charge in [0, 0.05) is 19.2 Å². The number of anilines is 1. The van der Waals surface area contributed by atoms with Crippen LogP contribution in [-0.2, 0) is 4.79 Å². The molecular weight excluding hydrogens is 278 g/mol. The lowest BCUT2D eigenvalue weighted by atomic mass is 10.1. The summed E-state index contributed by atoms with van der Waals surface area (Å²) in [6.07, 6.45) is -1.08. The topological polar surface area (TPSA) is 88.5 Å². The second kappa shape index (κ2) is 7.03. The number of aliphatic hydroxyl groups is 1. The first kappa shape index (κ1) is 16.9. The Morgan fingerprint density at radius 3 is 1.90 bits per heavy atom. The average Bonchev–Trinajstić information content (AvgIpc) is 2.44. The van der Waals surface area contributed by atoms with Crippen molar-refractivity contribution in [1.29, 1.82) is 0 Å². The largest absolute Gasteiger partial charge is 0.496 e. The fraction of sp³-hybridized carbons (Fsp3) is 0.500. The van der Waals surface area contributed by atoms with Gasteiger partial charge in [-0.1, -0.05) is 0 Å². The second-order valence-corrected chi connectivity index (χ2v) is 4.52. The minimum absolute atomic E-state index is 0.389. The summed E-state index contributed by atoms with van der Waals surface area (Å²) in [5.74, 6) is 0.151. The number of aliphatic carboxylic acids is 1. The van der Waals surface area contributed by atoms with Crippen LogP contribution in [0.3, 0.4) is 0 Å². The lowest BCUT2D eigenvalue weighted by molar-refractivity contribution is -0.140. The molecule has 0 spiro atoms. The Labute approximate surface area is 123 Å². The SMILES string of the molecule is COc1cc(OC)c(N(C)[C@H](C(=O)O)C(C)O)c(OC)c1. The number of carbonyl (C=O) groups is 1. The van der Waals surface area contributed by atoms with Gasteiger partial charge in [-0.05, 0) is 6.92 Å². The molecule has 0 heterocycles. The van der Waals surface area contributed by atoms with Crippen molar-refractivity contribution in [3.05, 3.63) is 12.1 Å². The van der Waals surface area contributed by atoms with E-state index in [2.05, 4.69) is 0 Å². The Morgan fingerprint density at radius 2 is 1.62 bits per heavy atom. The highest BCUT2D eigenvalue weighted by atomic mass is 16.5. The van der Waals surface area contributed by atoms with Gasteiger partial charge in [-0.3, -0.25) is 0 Å². The maximum absolute atomic E-state index is 11.4. The van der Waals surface area contributed by atoms with E-state index >= 15 is 0 Å². The van der Waals surface area contributed by atoms with Crippen molar-refractivity contribution in [1.82, 2.24) is 0 Å². The van der Waals surface area contributed by atoms with Gasteiger partial charge in [0.2, 0.25) is 0 Å². The lowest BCUT2D eigenvalue weighted by Gasteiger charge is -2.31. The van der Waals surface area contributed by atoms with E-state index in [1.54, 1.807) is 19.2 Å². The minimum atomic E-state index is -1.15. The highest BCUT2D eigenvalue weighted by Crippen LogP contribution is 2.42. The van der Waals surface area contributed by atoms with Crippen molar-refractivity contribution in [2.45, 2.75) is 19.1 Å². The van der Waals surface area contributed by atoms with E-state index in [0.29, 0.717) is 22.9 Å². The summed E-state index contributed by atoms with van der Waals surface area (Å²) in [6.45, 7) is 1.41. The molecule has 7 heteroatoms. The van der Waals surface area contributed by atoms with Gasteiger partial charge in [-0.25, -0.2) is 4.79 Å².